The molecule has 3 aliphatic heterocycles. The number of esters is 2. The van der Waals surface area contributed by atoms with Gasteiger partial charge in [0, 0.05) is 12.3 Å². The Morgan fingerprint density at radius 3 is 2.70 bits per heavy atom. The third kappa shape index (κ3) is 1.10. The van der Waals surface area contributed by atoms with Crippen LogP contribution < -0.4 is 0 Å². The van der Waals surface area contributed by atoms with Crippen LogP contribution in [0, 0.1) is 17.3 Å². The van der Waals surface area contributed by atoms with Crippen molar-refractivity contribution in [3.05, 3.63) is 0 Å². The summed E-state index contributed by atoms with van der Waals surface area (Å²) in [5, 5.41) is 31.5. The zero-order valence-electron chi connectivity index (χ0n) is 12.7. The standard InChI is InChI=1S/C15H18O8/c1-12(19,4-16)6-7-10(17)21-8(6)9-13(2)14(7,20)3-5-15(13,23-5)11(18)22-9/h5-9,16,19-20H,3-4H2,1-2H3/t5-,6-,7-,8-,9-,12-,13-,14-,15+/m1/s1. The number of carbonyl (C=O) groups excluding carboxylic acids is 2. The van der Waals surface area contributed by atoms with Crippen molar-refractivity contribution in [1.29, 1.82) is 0 Å². The molecule has 0 amide bonds. The van der Waals surface area contributed by atoms with E-state index in [4.69, 9.17) is 14.2 Å². The first kappa shape index (κ1) is 14.2. The third-order valence-corrected chi connectivity index (χ3v) is 7.07. The first-order chi connectivity index (χ1) is 10.6. The van der Waals surface area contributed by atoms with Crippen LogP contribution in [0.3, 0.4) is 0 Å². The van der Waals surface area contributed by atoms with Crippen molar-refractivity contribution >= 4 is 11.9 Å². The van der Waals surface area contributed by atoms with Crippen molar-refractivity contribution < 1.29 is 39.1 Å². The van der Waals surface area contributed by atoms with Gasteiger partial charge in [0.1, 0.15) is 12.2 Å². The molecule has 2 aliphatic carbocycles. The highest BCUT2D eigenvalue weighted by Gasteiger charge is 2.95. The monoisotopic (exact) mass is 326 g/mol. The topological polar surface area (TPSA) is 126 Å². The van der Waals surface area contributed by atoms with Gasteiger partial charge < -0.3 is 29.5 Å². The fraction of sp³-hybridized carbons (Fsp3) is 0.867. The van der Waals surface area contributed by atoms with E-state index in [1.807, 2.05) is 0 Å². The Morgan fingerprint density at radius 1 is 1.35 bits per heavy atom. The molecular formula is C15H18O8. The molecule has 5 rings (SSSR count). The van der Waals surface area contributed by atoms with Gasteiger partial charge in [-0.1, -0.05) is 0 Å². The second-order valence-corrected chi connectivity index (χ2v) is 7.92. The molecule has 0 unspecified atom stereocenters. The lowest BCUT2D eigenvalue weighted by Gasteiger charge is -2.53. The van der Waals surface area contributed by atoms with Crippen LogP contribution in [0.4, 0.5) is 0 Å². The Morgan fingerprint density at radius 2 is 2.04 bits per heavy atom. The zero-order chi connectivity index (χ0) is 16.6. The summed E-state index contributed by atoms with van der Waals surface area (Å²) in [5.74, 6) is -3.06. The molecular weight excluding hydrogens is 308 g/mol. The maximum absolute atomic E-state index is 12.4. The summed E-state index contributed by atoms with van der Waals surface area (Å²) in [6.07, 6.45) is -2.19. The molecule has 0 aromatic heterocycles. The molecule has 2 bridgehead atoms. The van der Waals surface area contributed by atoms with Gasteiger partial charge in [0.05, 0.1) is 29.1 Å². The number of carbonyl (C=O) groups is 2. The Hall–Kier alpha value is -1.22. The minimum absolute atomic E-state index is 0.111. The van der Waals surface area contributed by atoms with E-state index >= 15 is 0 Å². The van der Waals surface area contributed by atoms with Gasteiger partial charge in [0.15, 0.2) is 6.10 Å². The van der Waals surface area contributed by atoms with Crippen LogP contribution >= 0.6 is 0 Å². The average Bonchev–Trinajstić information content (AvgIpc) is 2.95. The number of epoxide rings is 1. The molecule has 2 saturated carbocycles. The third-order valence-electron chi connectivity index (χ3n) is 7.07. The van der Waals surface area contributed by atoms with Crippen molar-refractivity contribution in [3.8, 4) is 0 Å². The molecule has 9 atom stereocenters. The maximum atomic E-state index is 12.4. The Kier molecular flexibility index (Phi) is 2.10. The molecule has 8 nitrogen and oxygen atoms in total. The van der Waals surface area contributed by atoms with Crippen LogP contribution in [0.25, 0.3) is 0 Å². The summed E-state index contributed by atoms with van der Waals surface area (Å²) in [6, 6.07) is 0. The second-order valence-electron chi connectivity index (χ2n) is 7.92. The van der Waals surface area contributed by atoms with E-state index < -0.39 is 70.9 Å². The fourth-order valence-corrected chi connectivity index (χ4v) is 5.84. The Balaban J connectivity index is 1.74. The van der Waals surface area contributed by atoms with Crippen LogP contribution in [-0.2, 0) is 23.8 Å². The van der Waals surface area contributed by atoms with Crippen LogP contribution in [-0.4, -0.2) is 69.0 Å². The lowest BCUT2D eigenvalue weighted by Crippen LogP contribution is -2.69. The van der Waals surface area contributed by atoms with Crippen LogP contribution in [0.15, 0.2) is 0 Å². The minimum atomic E-state index is -1.64. The van der Waals surface area contributed by atoms with E-state index in [-0.39, 0.29) is 6.42 Å². The molecule has 1 spiro atoms. The summed E-state index contributed by atoms with van der Waals surface area (Å²) >= 11 is 0. The Labute approximate surface area is 131 Å². The maximum Gasteiger partial charge on any atom is 0.342 e. The molecule has 8 heteroatoms. The van der Waals surface area contributed by atoms with E-state index in [0.29, 0.717) is 0 Å². The summed E-state index contributed by atoms with van der Waals surface area (Å²) in [7, 11) is 0. The number of fused-ring (bicyclic) bond motifs is 4. The van der Waals surface area contributed by atoms with E-state index in [0.717, 1.165) is 0 Å². The van der Waals surface area contributed by atoms with Gasteiger partial charge in [-0.05, 0) is 13.8 Å². The van der Waals surface area contributed by atoms with Gasteiger partial charge in [-0.25, -0.2) is 4.79 Å². The summed E-state index contributed by atoms with van der Waals surface area (Å²) in [4.78, 5) is 24.8. The molecule has 3 heterocycles. The molecule has 5 fully saturated rings. The lowest BCUT2D eigenvalue weighted by atomic mass is 9.52. The smallest absolute Gasteiger partial charge is 0.342 e. The largest absolute Gasteiger partial charge is 0.458 e. The number of ether oxygens (including phenoxy) is 3. The summed E-state index contributed by atoms with van der Waals surface area (Å²) in [5.41, 5.74) is -5.55. The molecule has 0 aromatic carbocycles. The van der Waals surface area contributed by atoms with Gasteiger partial charge in [0.25, 0.3) is 0 Å². The van der Waals surface area contributed by atoms with Gasteiger partial charge >= 0.3 is 11.9 Å². The quantitative estimate of drug-likeness (QED) is 0.397. The van der Waals surface area contributed by atoms with E-state index in [9.17, 15) is 24.9 Å². The average molecular weight is 326 g/mol. The van der Waals surface area contributed by atoms with E-state index in [2.05, 4.69) is 0 Å². The van der Waals surface area contributed by atoms with Crippen molar-refractivity contribution in [2.45, 2.75) is 55.4 Å². The lowest BCUT2D eigenvalue weighted by molar-refractivity contribution is -0.229. The number of aliphatic hydroxyl groups is 3. The van der Waals surface area contributed by atoms with Crippen LogP contribution in [0.5, 0.6) is 0 Å². The number of hydrogen-bond donors (Lipinski definition) is 3. The first-order valence-electron chi connectivity index (χ1n) is 7.80. The highest BCUT2D eigenvalue weighted by molar-refractivity contribution is 5.91. The number of hydrogen-bond acceptors (Lipinski definition) is 8. The van der Waals surface area contributed by atoms with E-state index in [1.165, 1.54) is 6.92 Å². The zero-order valence-corrected chi connectivity index (χ0v) is 12.7. The SMILES string of the molecule is C[C@]12[C@@H]3OC(=O)[C@]14O[C@@H]4C[C@@]2(O)[C@H]1C(=O)O[C@@H]3[C@@H]1[C@](C)(O)CO. The molecule has 3 saturated heterocycles. The van der Waals surface area contributed by atoms with Gasteiger partial charge in [-0.2, -0.15) is 0 Å². The van der Waals surface area contributed by atoms with Crippen molar-refractivity contribution in [3.63, 3.8) is 0 Å². The molecule has 3 N–H and O–H groups in total. The van der Waals surface area contributed by atoms with Crippen LogP contribution in [0.1, 0.15) is 20.3 Å². The first-order valence-corrected chi connectivity index (χ1v) is 7.80. The Bertz CT molecular complexity index is 660. The van der Waals surface area contributed by atoms with Crippen molar-refractivity contribution in [1.82, 2.24) is 0 Å². The molecule has 0 aromatic rings. The predicted octanol–water partition coefficient (Wildman–Crippen LogP) is -1.89. The predicted molar refractivity (Wildman–Crippen MR) is 69.7 cm³/mol. The van der Waals surface area contributed by atoms with Gasteiger partial charge in [-0.15, -0.1) is 0 Å². The van der Waals surface area contributed by atoms with E-state index in [1.54, 1.807) is 6.92 Å². The van der Waals surface area contributed by atoms with Gasteiger partial charge in [0.2, 0.25) is 5.60 Å². The molecule has 5 aliphatic rings. The molecule has 23 heavy (non-hydrogen) atoms. The summed E-state index contributed by atoms with van der Waals surface area (Å²) < 4.78 is 16.4. The van der Waals surface area contributed by atoms with Crippen molar-refractivity contribution in [2.75, 3.05) is 6.61 Å². The van der Waals surface area contributed by atoms with Gasteiger partial charge in [-0.3, -0.25) is 4.79 Å². The minimum Gasteiger partial charge on any atom is -0.458 e. The summed E-state index contributed by atoms with van der Waals surface area (Å²) in [6.45, 7) is 2.49. The number of aliphatic hydroxyl groups excluding tert-OH is 1. The fourth-order valence-electron chi connectivity index (χ4n) is 5.84. The van der Waals surface area contributed by atoms with Crippen LogP contribution in [0.2, 0.25) is 0 Å². The van der Waals surface area contributed by atoms with Crippen molar-refractivity contribution in [2.24, 2.45) is 17.3 Å². The second kappa shape index (κ2) is 3.42. The normalized spacial score (nSPS) is 60.7. The molecule has 126 valence electrons. The highest BCUT2D eigenvalue weighted by Crippen LogP contribution is 2.77. The highest BCUT2D eigenvalue weighted by atomic mass is 16.7. The molecule has 0 radical (unpaired) electrons. The number of rotatable bonds is 2.